The van der Waals surface area contributed by atoms with Crippen molar-refractivity contribution in [2.24, 2.45) is 0 Å². The van der Waals surface area contributed by atoms with Gasteiger partial charge in [0.2, 0.25) is 0 Å². The largest absolute Gasteiger partial charge is 1.00 e. The van der Waals surface area contributed by atoms with E-state index in [1.165, 1.54) is 18.2 Å². The summed E-state index contributed by atoms with van der Waals surface area (Å²) in [7, 11) is 0. The monoisotopic (exact) mass is 316 g/mol. The Morgan fingerprint density at radius 3 is 1.86 bits per heavy atom. The standard InChI is InChI=1S/C8H6O4.C6H6S.Na.H2O/c9-7(10)5-2-1-3-6(4-5)8(11)12;7-6-4-2-1-3-5-6;;/h1-4H,(H,9,10)(H,11,12);1-5,7H;;1H2/q;;+1;/p-1. The van der Waals surface area contributed by atoms with E-state index in [-0.39, 0.29) is 46.2 Å². The number of carboxylic acids is 2. The van der Waals surface area contributed by atoms with Crippen LogP contribution in [0.4, 0.5) is 0 Å². The fourth-order valence-corrected chi connectivity index (χ4v) is 1.41. The maximum atomic E-state index is 10.4. The van der Waals surface area contributed by atoms with Gasteiger partial charge in [-0.1, -0.05) is 30.3 Å². The van der Waals surface area contributed by atoms with Crippen molar-refractivity contribution in [1.29, 1.82) is 0 Å². The Morgan fingerprint density at radius 2 is 1.48 bits per heavy atom. The van der Waals surface area contributed by atoms with E-state index in [0.717, 1.165) is 11.0 Å². The zero-order chi connectivity index (χ0) is 14.3. The van der Waals surface area contributed by atoms with Crippen LogP contribution < -0.4 is 34.7 Å². The van der Waals surface area contributed by atoms with Crippen LogP contribution in [-0.2, 0) is 12.6 Å². The third-order valence-electron chi connectivity index (χ3n) is 2.12. The van der Waals surface area contributed by atoms with Crippen molar-refractivity contribution in [3.63, 3.8) is 0 Å². The summed E-state index contributed by atoms with van der Waals surface area (Å²) in [4.78, 5) is 21.8. The smallest absolute Gasteiger partial charge is 0.870 e. The van der Waals surface area contributed by atoms with Crippen LogP contribution in [0.3, 0.4) is 0 Å². The Kier molecular flexibility index (Phi) is 11.9. The first-order valence-electron chi connectivity index (χ1n) is 5.32. The number of benzene rings is 2. The minimum atomic E-state index is -1.38. The first-order chi connectivity index (χ1) is 9.00. The Morgan fingerprint density at radius 1 is 0.952 bits per heavy atom. The Balaban J connectivity index is 0. The van der Waals surface area contributed by atoms with Gasteiger partial charge in [0.25, 0.3) is 0 Å². The van der Waals surface area contributed by atoms with Gasteiger partial charge in [-0.05, 0) is 42.5 Å². The van der Waals surface area contributed by atoms with Crippen molar-refractivity contribution < 1.29 is 54.8 Å². The first-order valence-corrected chi connectivity index (χ1v) is 5.82. The van der Waals surface area contributed by atoms with E-state index in [2.05, 4.69) is 12.6 Å². The molecule has 0 atom stereocenters. The van der Waals surface area contributed by atoms with Gasteiger partial charge in [-0.3, -0.25) is 0 Å². The molecule has 0 unspecified atom stereocenters. The minimum absolute atomic E-state index is 0. The van der Waals surface area contributed by atoms with Crippen LogP contribution in [0.5, 0.6) is 0 Å². The molecule has 106 valence electrons. The molecule has 0 aliphatic heterocycles. The molecule has 5 nitrogen and oxygen atoms in total. The molecule has 0 heterocycles. The van der Waals surface area contributed by atoms with Crippen molar-refractivity contribution in [2.75, 3.05) is 0 Å². The zero-order valence-corrected chi connectivity index (χ0v) is 14.3. The fourth-order valence-electron chi connectivity index (χ4n) is 1.22. The van der Waals surface area contributed by atoms with Crippen LogP contribution in [0.15, 0.2) is 59.5 Å². The van der Waals surface area contributed by atoms with Gasteiger partial charge >= 0.3 is 35.5 Å². The third kappa shape index (κ3) is 8.54. The second kappa shape index (κ2) is 11.4. The molecule has 0 aromatic heterocycles. The SMILES string of the molecule is O=C([O-])c1cccc(C(=O)O)c1.[Na+].[OH-].[SH2+]c1ccccc1. The summed E-state index contributed by atoms with van der Waals surface area (Å²) < 4.78 is 0. The van der Waals surface area contributed by atoms with E-state index >= 15 is 0 Å². The molecule has 2 N–H and O–H groups in total. The van der Waals surface area contributed by atoms with E-state index in [4.69, 9.17) is 5.11 Å². The molecule has 0 aliphatic rings. The molecule has 0 aliphatic carbocycles. The van der Waals surface area contributed by atoms with Crippen LogP contribution in [0.2, 0.25) is 0 Å². The van der Waals surface area contributed by atoms with E-state index in [1.54, 1.807) is 0 Å². The molecule has 0 saturated heterocycles. The van der Waals surface area contributed by atoms with Gasteiger partial charge in [-0.2, -0.15) is 0 Å². The second-order valence-electron chi connectivity index (χ2n) is 3.54. The summed E-state index contributed by atoms with van der Waals surface area (Å²) in [5.74, 6) is -2.53. The van der Waals surface area contributed by atoms with E-state index < -0.39 is 11.9 Å². The molecule has 0 fully saturated rings. The number of hydrogen-bond acceptors (Lipinski definition) is 4. The van der Waals surface area contributed by atoms with Crippen molar-refractivity contribution in [3.05, 3.63) is 65.7 Å². The number of rotatable bonds is 2. The average molecular weight is 316 g/mol. The van der Waals surface area contributed by atoms with Gasteiger partial charge in [-0.25, -0.2) is 4.79 Å². The van der Waals surface area contributed by atoms with Gasteiger partial charge in [0, 0.05) is 0 Å². The molecule has 2 rings (SSSR count). The van der Waals surface area contributed by atoms with E-state index in [0.29, 0.717) is 0 Å². The topological polar surface area (TPSA) is 107 Å². The molecule has 0 radical (unpaired) electrons. The quantitative estimate of drug-likeness (QED) is 0.492. The maximum absolute atomic E-state index is 10.4. The molecule has 0 spiro atoms. The van der Waals surface area contributed by atoms with Crippen LogP contribution in [0.1, 0.15) is 20.7 Å². The maximum Gasteiger partial charge on any atom is 1.00 e. The van der Waals surface area contributed by atoms with Crippen LogP contribution in [0.25, 0.3) is 0 Å². The fraction of sp³-hybridized carbons (Fsp3) is 0. The number of carbonyl (C=O) groups excluding carboxylic acids is 1. The van der Waals surface area contributed by atoms with Crippen LogP contribution >= 0.6 is 0 Å². The first kappa shape index (κ1) is 22.0. The van der Waals surface area contributed by atoms with Gasteiger partial charge in [0.05, 0.1) is 11.5 Å². The van der Waals surface area contributed by atoms with Gasteiger partial charge < -0.3 is 20.5 Å². The molecular weight excluding hydrogens is 303 g/mol. The van der Waals surface area contributed by atoms with Crippen LogP contribution in [0, 0.1) is 0 Å². The third-order valence-corrected chi connectivity index (χ3v) is 2.45. The average Bonchev–Trinajstić information content (AvgIpc) is 2.40. The predicted molar refractivity (Wildman–Crippen MR) is 74.5 cm³/mol. The second-order valence-corrected chi connectivity index (χ2v) is 4.12. The molecular formula is C14H13NaO5S. The van der Waals surface area contributed by atoms with E-state index in [1.807, 2.05) is 30.3 Å². The van der Waals surface area contributed by atoms with E-state index in [9.17, 15) is 14.7 Å². The molecule has 2 aromatic rings. The Bertz CT molecular complexity index is 545. The minimum Gasteiger partial charge on any atom is -0.870 e. The summed E-state index contributed by atoms with van der Waals surface area (Å²) in [6, 6.07) is 15.0. The van der Waals surface area contributed by atoms with Crippen molar-refractivity contribution in [2.45, 2.75) is 4.90 Å². The molecule has 2 aromatic carbocycles. The number of carbonyl (C=O) groups is 2. The van der Waals surface area contributed by atoms with Gasteiger partial charge in [0.1, 0.15) is 4.90 Å². The van der Waals surface area contributed by atoms with Gasteiger partial charge in [-0.15, -0.1) is 0 Å². The molecule has 7 heteroatoms. The zero-order valence-electron chi connectivity index (χ0n) is 11.3. The summed E-state index contributed by atoms with van der Waals surface area (Å²) in [6.45, 7) is 0. The summed E-state index contributed by atoms with van der Waals surface area (Å²) in [5.41, 5.74) is -0.188. The Labute approximate surface area is 149 Å². The number of carboxylic acid groups (broad SMARTS) is 2. The van der Waals surface area contributed by atoms with Crippen molar-refractivity contribution in [3.8, 4) is 0 Å². The molecule has 0 saturated carbocycles. The summed E-state index contributed by atoms with van der Waals surface area (Å²) in [5, 5.41) is 18.7. The van der Waals surface area contributed by atoms with Crippen molar-refractivity contribution in [1.82, 2.24) is 0 Å². The summed E-state index contributed by atoms with van der Waals surface area (Å²) in [6.07, 6.45) is 0. The van der Waals surface area contributed by atoms with Gasteiger partial charge in [0.15, 0.2) is 0 Å². The normalized spacial score (nSPS) is 8.24. The van der Waals surface area contributed by atoms with Crippen molar-refractivity contribution >= 4 is 24.6 Å². The molecule has 21 heavy (non-hydrogen) atoms. The number of aromatic carboxylic acids is 2. The molecule has 0 amide bonds. The molecule has 0 bridgehead atoms. The Hall–Kier alpha value is -1.31. The number of hydrogen-bond donors (Lipinski definition) is 1. The van der Waals surface area contributed by atoms with Crippen LogP contribution in [-0.4, -0.2) is 22.5 Å². The summed E-state index contributed by atoms with van der Waals surface area (Å²) >= 11 is 3.36. The predicted octanol–water partition coefficient (Wildman–Crippen LogP) is -2.37.